The van der Waals surface area contributed by atoms with Crippen LogP contribution in [0, 0.1) is 12.8 Å². The van der Waals surface area contributed by atoms with E-state index in [-0.39, 0.29) is 11.3 Å². The number of aryl methyl sites for hydroxylation is 1. The third-order valence-electron chi connectivity index (χ3n) is 6.48. The molecule has 0 N–H and O–H groups in total. The zero-order chi connectivity index (χ0) is 20.7. The molecule has 6 nitrogen and oxygen atoms in total. The van der Waals surface area contributed by atoms with Crippen LogP contribution < -0.4 is 4.74 Å². The third-order valence-corrected chi connectivity index (χ3v) is 6.48. The van der Waals surface area contributed by atoms with E-state index in [9.17, 15) is 4.79 Å². The van der Waals surface area contributed by atoms with E-state index in [4.69, 9.17) is 4.74 Å². The van der Waals surface area contributed by atoms with Crippen LogP contribution in [0.5, 0.6) is 5.75 Å². The average molecular weight is 402 g/mol. The van der Waals surface area contributed by atoms with Gasteiger partial charge < -0.3 is 14.2 Å². The molecule has 5 rings (SSSR count). The van der Waals surface area contributed by atoms with E-state index in [1.807, 2.05) is 47.5 Å². The lowest BCUT2D eigenvalue weighted by atomic mass is 9.90. The number of methoxy groups -OCH3 is 1. The molecule has 2 fully saturated rings. The Morgan fingerprint density at radius 3 is 2.47 bits per heavy atom. The minimum absolute atomic E-state index is 0.278. The predicted molar refractivity (Wildman–Crippen MR) is 114 cm³/mol. The van der Waals surface area contributed by atoms with E-state index in [0.29, 0.717) is 5.92 Å². The van der Waals surface area contributed by atoms with Gasteiger partial charge in [-0.2, -0.15) is 0 Å². The van der Waals surface area contributed by atoms with Crippen LogP contribution in [0.2, 0.25) is 0 Å². The molecule has 0 atom stereocenters. The van der Waals surface area contributed by atoms with Crippen molar-refractivity contribution < 1.29 is 9.53 Å². The lowest BCUT2D eigenvalue weighted by Crippen LogP contribution is -2.54. The Hall–Kier alpha value is -3.15. The van der Waals surface area contributed by atoms with Crippen molar-refractivity contribution in [1.29, 1.82) is 0 Å². The van der Waals surface area contributed by atoms with Crippen LogP contribution in [0.4, 0.5) is 0 Å². The highest BCUT2D eigenvalue weighted by Gasteiger charge is 2.54. The summed E-state index contributed by atoms with van der Waals surface area (Å²) in [7, 11) is 1.66. The number of hydrogen-bond donors (Lipinski definition) is 0. The second-order valence-corrected chi connectivity index (χ2v) is 8.46. The van der Waals surface area contributed by atoms with Gasteiger partial charge in [0.15, 0.2) is 0 Å². The number of carbonyl (C=O) groups is 1. The van der Waals surface area contributed by atoms with E-state index in [2.05, 4.69) is 21.5 Å². The van der Waals surface area contributed by atoms with E-state index in [0.717, 1.165) is 60.9 Å². The number of nitrogens with zero attached hydrogens (tertiary/aromatic N) is 4. The van der Waals surface area contributed by atoms with Crippen LogP contribution in [0.3, 0.4) is 0 Å². The molecule has 1 aliphatic carbocycles. The monoisotopic (exact) mass is 402 g/mol. The van der Waals surface area contributed by atoms with Crippen molar-refractivity contribution in [2.45, 2.75) is 31.7 Å². The predicted octanol–water partition coefficient (Wildman–Crippen LogP) is 3.45. The van der Waals surface area contributed by atoms with Crippen molar-refractivity contribution in [3.8, 4) is 17.1 Å². The highest BCUT2D eigenvalue weighted by Crippen LogP contribution is 2.50. The Morgan fingerprint density at radius 1 is 1.13 bits per heavy atom. The van der Waals surface area contributed by atoms with E-state index in [1.165, 1.54) is 0 Å². The fourth-order valence-electron chi connectivity index (χ4n) is 4.50. The number of likely N-dealkylation sites (tertiary alicyclic amines) is 1. The third kappa shape index (κ3) is 3.16. The Kier molecular flexibility index (Phi) is 4.57. The lowest BCUT2D eigenvalue weighted by molar-refractivity contribution is -0.140. The molecule has 0 bridgehead atoms. The van der Waals surface area contributed by atoms with Crippen molar-refractivity contribution in [2.24, 2.45) is 5.92 Å². The van der Waals surface area contributed by atoms with Gasteiger partial charge in [-0.1, -0.05) is 12.1 Å². The fourth-order valence-corrected chi connectivity index (χ4v) is 4.50. The molecule has 0 spiro atoms. The topological polar surface area (TPSA) is 60.2 Å². The summed E-state index contributed by atoms with van der Waals surface area (Å²) in [6.07, 6.45) is 7.38. The molecular formula is C24H26N4O2. The molecular weight excluding hydrogens is 376 g/mol. The summed E-state index contributed by atoms with van der Waals surface area (Å²) in [5.41, 5.74) is 3.01. The first-order valence-electron chi connectivity index (χ1n) is 10.5. The maximum absolute atomic E-state index is 13.2. The molecule has 1 aliphatic heterocycles. The number of carbonyl (C=O) groups excluding carboxylic acids is 1. The normalized spacial score (nSPS) is 17.5. The summed E-state index contributed by atoms with van der Waals surface area (Å²) in [6, 6.07) is 11.9. The molecule has 2 aromatic heterocycles. The fraction of sp³-hybridized carbons (Fsp3) is 0.375. The van der Waals surface area contributed by atoms with E-state index >= 15 is 0 Å². The van der Waals surface area contributed by atoms with Gasteiger partial charge in [0.25, 0.3) is 0 Å². The molecule has 2 aliphatic rings. The molecule has 154 valence electrons. The Bertz CT molecular complexity index is 1050. The summed E-state index contributed by atoms with van der Waals surface area (Å²) in [5, 5.41) is 0. The molecule has 6 heteroatoms. The summed E-state index contributed by atoms with van der Waals surface area (Å²) in [4.78, 5) is 24.0. The average Bonchev–Trinajstić information content (AvgIpc) is 3.49. The molecule has 0 unspecified atom stereocenters. The van der Waals surface area contributed by atoms with Crippen LogP contribution >= 0.6 is 0 Å². The number of amides is 1. The number of hydrogen-bond acceptors (Lipinski definition) is 4. The molecule has 1 saturated heterocycles. The summed E-state index contributed by atoms with van der Waals surface area (Å²) >= 11 is 0. The standard InChI is InChI=1S/C24H26N4O2/c1-17-13-26-22(19-7-11-25-12-8-19)28(17)16-18-14-27(15-18)23(29)24(9-10-24)20-3-5-21(30-2)6-4-20/h3-8,11-13,18H,9-10,14-16H2,1-2H3. The number of rotatable bonds is 6. The largest absolute Gasteiger partial charge is 0.497 e. The Balaban J connectivity index is 1.25. The van der Waals surface area contributed by atoms with Crippen molar-refractivity contribution in [3.05, 3.63) is 66.2 Å². The zero-order valence-electron chi connectivity index (χ0n) is 17.4. The van der Waals surface area contributed by atoms with Crippen molar-refractivity contribution >= 4 is 5.91 Å². The molecule has 1 aromatic carbocycles. The smallest absolute Gasteiger partial charge is 0.233 e. The van der Waals surface area contributed by atoms with Gasteiger partial charge in [0.1, 0.15) is 11.6 Å². The van der Waals surface area contributed by atoms with Gasteiger partial charge >= 0.3 is 0 Å². The van der Waals surface area contributed by atoms with Gasteiger partial charge in [0, 0.05) is 55.4 Å². The second-order valence-electron chi connectivity index (χ2n) is 8.46. The van der Waals surface area contributed by atoms with Crippen LogP contribution in [0.25, 0.3) is 11.4 Å². The number of benzene rings is 1. The SMILES string of the molecule is COc1ccc(C2(C(=O)N3CC(Cn4c(C)cnc4-c4ccncc4)C3)CC2)cc1. The van der Waals surface area contributed by atoms with Crippen molar-refractivity contribution in [3.63, 3.8) is 0 Å². The van der Waals surface area contributed by atoms with Crippen LogP contribution in [0.15, 0.2) is 55.0 Å². The van der Waals surface area contributed by atoms with Gasteiger partial charge in [-0.25, -0.2) is 4.98 Å². The first kappa shape index (κ1) is 18.9. The highest BCUT2D eigenvalue weighted by molar-refractivity contribution is 5.91. The van der Waals surface area contributed by atoms with Crippen LogP contribution in [-0.2, 0) is 16.8 Å². The zero-order valence-corrected chi connectivity index (χ0v) is 17.4. The minimum Gasteiger partial charge on any atom is -0.497 e. The summed E-state index contributed by atoms with van der Waals surface area (Å²) in [6.45, 7) is 4.58. The first-order valence-corrected chi connectivity index (χ1v) is 10.5. The molecule has 0 radical (unpaired) electrons. The Labute approximate surface area is 176 Å². The first-order chi connectivity index (χ1) is 14.6. The highest BCUT2D eigenvalue weighted by atomic mass is 16.5. The summed E-state index contributed by atoms with van der Waals surface area (Å²) < 4.78 is 7.51. The quantitative estimate of drug-likeness (QED) is 0.634. The van der Waals surface area contributed by atoms with Crippen molar-refractivity contribution in [1.82, 2.24) is 19.4 Å². The van der Waals surface area contributed by atoms with Gasteiger partial charge in [-0.15, -0.1) is 0 Å². The van der Waals surface area contributed by atoms with E-state index < -0.39 is 0 Å². The summed E-state index contributed by atoms with van der Waals surface area (Å²) in [5.74, 6) is 2.53. The minimum atomic E-state index is -0.315. The maximum atomic E-state index is 13.2. The number of aromatic nitrogens is 3. The second kappa shape index (κ2) is 7.27. The van der Waals surface area contributed by atoms with Gasteiger partial charge in [0.2, 0.25) is 5.91 Å². The number of ether oxygens (including phenoxy) is 1. The number of pyridine rings is 1. The molecule has 1 amide bonds. The van der Waals surface area contributed by atoms with Gasteiger partial charge in [-0.05, 0) is 49.6 Å². The van der Waals surface area contributed by atoms with Gasteiger partial charge in [-0.3, -0.25) is 9.78 Å². The maximum Gasteiger partial charge on any atom is 0.233 e. The molecule has 1 saturated carbocycles. The number of imidazole rings is 1. The van der Waals surface area contributed by atoms with Crippen molar-refractivity contribution in [2.75, 3.05) is 20.2 Å². The van der Waals surface area contributed by atoms with Crippen LogP contribution in [0.1, 0.15) is 24.1 Å². The molecule has 3 heterocycles. The lowest BCUT2D eigenvalue weighted by Gasteiger charge is -2.42. The Morgan fingerprint density at radius 2 is 1.83 bits per heavy atom. The molecule has 3 aromatic rings. The van der Waals surface area contributed by atoms with Gasteiger partial charge in [0.05, 0.1) is 12.5 Å². The van der Waals surface area contributed by atoms with Crippen LogP contribution in [-0.4, -0.2) is 45.5 Å². The van der Waals surface area contributed by atoms with E-state index in [1.54, 1.807) is 19.5 Å². The molecule has 30 heavy (non-hydrogen) atoms.